The molecule has 0 aliphatic rings. The van der Waals surface area contributed by atoms with Crippen LogP contribution in [0.4, 0.5) is 5.13 Å². The number of nitrogens with one attached hydrogen (secondary N) is 1. The minimum atomic E-state index is -0.168. The zero-order valence-corrected chi connectivity index (χ0v) is 17.6. The number of thiophene rings is 1. The fourth-order valence-electron chi connectivity index (χ4n) is 2.67. The van der Waals surface area contributed by atoms with E-state index in [1.807, 2.05) is 29.6 Å². The summed E-state index contributed by atoms with van der Waals surface area (Å²) in [6.07, 6.45) is 0.594. The summed E-state index contributed by atoms with van der Waals surface area (Å²) in [7, 11) is 0. The van der Waals surface area contributed by atoms with Gasteiger partial charge in [0, 0.05) is 18.4 Å². The molecule has 29 heavy (non-hydrogen) atoms. The maximum Gasteiger partial charge on any atom is 0.227 e. The predicted octanol–water partition coefficient (Wildman–Crippen LogP) is 5.01. The first-order valence-corrected chi connectivity index (χ1v) is 10.9. The number of aryl methyl sites for hydroxylation is 1. The molecule has 0 atom stereocenters. The Labute approximate surface area is 175 Å². The Hall–Kier alpha value is -2.91. The molecular formula is C20H19N5O2S2. The van der Waals surface area contributed by atoms with Gasteiger partial charge in [-0.3, -0.25) is 4.79 Å². The summed E-state index contributed by atoms with van der Waals surface area (Å²) in [5.74, 6) is 1.30. The smallest absolute Gasteiger partial charge is 0.227 e. The van der Waals surface area contributed by atoms with Crippen LogP contribution in [0.15, 0.2) is 46.3 Å². The number of hydrogen-bond acceptors (Lipinski definition) is 8. The van der Waals surface area contributed by atoms with Crippen LogP contribution in [-0.2, 0) is 11.2 Å². The lowest BCUT2D eigenvalue weighted by atomic mass is 10.0. The van der Waals surface area contributed by atoms with Gasteiger partial charge in [0.1, 0.15) is 5.01 Å². The summed E-state index contributed by atoms with van der Waals surface area (Å²) in [6.45, 7) is 4.32. The highest BCUT2D eigenvalue weighted by Crippen LogP contribution is 2.28. The van der Waals surface area contributed by atoms with Crippen molar-refractivity contribution in [3.63, 3.8) is 0 Å². The van der Waals surface area contributed by atoms with Crippen molar-refractivity contribution in [1.82, 2.24) is 20.3 Å². The third-order valence-corrected chi connectivity index (χ3v) is 6.02. The highest BCUT2D eigenvalue weighted by Gasteiger charge is 2.13. The minimum absolute atomic E-state index is 0.168. The van der Waals surface area contributed by atoms with Crippen LogP contribution < -0.4 is 5.32 Å². The van der Waals surface area contributed by atoms with Crippen LogP contribution in [0.1, 0.15) is 37.6 Å². The Morgan fingerprint density at radius 2 is 2.00 bits per heavy atom. The van der Waals surface area contributed by atoms with Crippen LogP contribution >= 0.6 is 22.7 Å². The third kappa shape index (κ3) is 4.75. The number of aromatic nitrogens is 4. The quantitative estimate of drug-likeness (QED) is 0.447. The van der Waals surface area contributed by atoms with Crippen molar-refractivity contribution in [1.29, 1.82) is 0 Å². The Bertz CT molecular complexity index is 1080. The van der Waals surface area contributed by atoms with E-state index in [0.29, 0.717) is 29.2 Å². The van der Waals surface area contributed by atoms with E-state index in [1.54, 1.807) is 0 Å². The lowest BCUT2D eigenvalue weighted by Crippen LogP contribution is -2.12. The van der Waals surface area contributed by atoms with Crippen molar-refractivity contribution in [3.05, 3.63) is 53.2 Å². The molecule has 0 saturated carbocycles. The minimum Gasteiger partial charge on any atom is -0.339 e. The van der Waals surface area contributed by atoms with E-state index in [4.69, 9.17) is 4.52 Å². The number of amides is 1. The van der Waals surface area contributed by atoms with Crippen molar-refractivity contribution >= 4 is 33.7 Å². The molecule has 4 rings (SSSR count). The first kappa shape index (κ1) is 19.4. The fourth-order valence-corrected chi connectivity index (χ4v) is 4.08. The van der Waals surface area contributed by atoms with E-state index < -0.39 is 0 Å². The highest BCUT2D eigenvalue weighted by molar-refractivity contribution is 7.18. The average Bonchev–Trinajstić information content (AvgIpc) is 3.47. The van der Waals surface area contributed by atoms with Gasteiger partial charge in [0.25, 0.3) is 0 Å². The number of carbonyl (C=O) groups is 1. The molecule has 0 aliphatic heterocycles. The number of carbonyl (C=O) groups excluding carboxylic acids is 1. The van der Waals surface area contributed by atoms with Crippen LogP contribution in [0.2, 0.25) is 0 Å². The summed E-state index contributed by atoms with van der Waals surface area (Å²) in [5, 5.41) is 18.2. The van der Waals surface area contributed by atoms with Crippen molar-refractivity contribution < 1.29 is 9.32 Å². The molecule has 9 heteroatoms. The summed E-state index contributed by atoms with van der Waals surface area (Å²) in [4.78, 5) is 17.5. The van der Waals surface area contributed by atoms with Gasteiger partial charge in [-0.25, -0.2) is 0 Å². The van der Waals surface area contributed by atoms with Crippen LogP contribution in [0.5, 0.6) is 0 Å². The van der Waals surface area contributed by atoms with Crippen molar-refractivity contribution in [2.45, 2.75) is 32.6 Å². The molecule has 3 heterocycles. The van der Waals surface area contributed by atoms with Crippen LogP contribution in [0.25, 0.3) is 21.3 Å². The van der Waals surface area contributed by atoms with Crippen LogP contribution in [-0.4, -0.2) is 26.2 Å². The predicted molar refractivity (Wildman–Crippen MR) is 114 cm³/mol. The average molecular weight is 426 g/mol. The number of anilines is 1. The lowest BCUT2D eigenvalue weighted by Gasteiger charge is -2.04. The fraction of sp³-hybridized carbons (Fsp3) is 0.250. The molecule has 0 radical (unpaired) electrons. The van der Waals surface area contributed by atoms with E-state index >= 15 is 0 Å². The summed E-state index contributed by atoms with van der Waals surface area (Å²) >= 11 is 2.89. The van der Waals surface area contributed by atoms with Crippen LogP contribution in [0.3, 0.4) is 0 Å². The monoisotopic (exact) mass is 425 g/mol. The Balaban J connectivity index is 1.32. The molecule has 0 bridgehead atoms. The molecule has 0 spiro atoms. The molecule has 0 fully saturated rings. The lowest BCUT2D eigenvalue weighted by molar-refractivity contribution is -0.116. The third-order valence-electron chi connectivity index (χ3n) is 4.27. The molecule has 0 unspecified atom stereocenters. The second-order valence-electron chi connectivity index (χ2n) is 6.73. The number of hydrogen-bond donors (Lipinski definition) is 1. The Morgan fingerprint density at radius 3 is 2.72 bits per heavy atom. The standard InChI is InChI=1S/C20H19N5O2S2/c1-12(2)13-5-7-14(8-6-13)19-23-24-20(29-19)21-16(26)9-10-17-22-18(25-27-17)15-4-3-11-28-15/h3-8,11-12H,9-10H2,1-2H3,(H,21,24,26). The second kappa shape index (κ2) is 8.62. The molecule has 0 saturated heterocycles. The van der Waals surface area contributed by atoms with E-state index in [-0.39, 0.29) is 12.3 Å². The van der Waals surface area contributed by atoms with Gasteiger partial charge in [-0.1, -0.05) is 60.7 Å². The zero-order valence-electron chi connectivity index (χ0n) is 16.0. The Morgan fingerprint density at radius 1 is 1.17 bits per heavy atom. The number of nitrogens with zero attached hydrogens (tertiary/aromatic N) is 4. The molecule has 4 aromatic rings. The summed E-state index contributed by atoms with van der Waals surface area (Å²) in [5.41, 5.74) is 2.26. The van der Waals surface area contributed by atoms with Gasteiger partial charge in [0.05, 0.1) is 4.88 Å². The van der Waals surface area contributed by atoms with E-state index in [9.17, 15) is 4.79 Å². The van der Waals surface area contributed by atoms with Gasteiger partial charge in [0.2, 0.25) is 22.8 Å². The summed E-state index contributed by atoms with van der Waals surface area (Å²) < 4.78 is 5.22. The number of rotatable bonds is 7. The SMILES string of the molecule is CC(C)c1ccc(-c2nnc(NC(=O)CCc3nc(-c4cccs4)no3)s2)cc1. The molecular weight excluding hydrogens is 406 g/mol. The highest BCUT2D eigenvalue weighted by atomic mass is 32.1. The molecule has 0 aliphatic carbocycles. The van der Waals surface area contributed by atoms with Gasteiger partial charge in [0.15, 0.2) is 0 Å². The molecule has 1 N–H and O–H groups in total. The van der Waals surface area contributed by atoms with Crippen LogP contribution in [0, 0.1) is 0 Å². The van der Waals surface area contributed by atoms with Gasteiger partial charge in [-0.2, -0.15) is 4.98 Å². The van der Waals surface area contributed by atoms with Gasteiger partial charge >= 0.3 is 0 Å². The van der Waals surface area contributed by atoms with E-state index in [2.05, 4.69) is 51.6 Å². The van der Waals surface area contributed by atoms with Crippen molar-refractivity contribution in [2.75, 3.05) is 5.32 Å². The van der Waals surface area contributed by atoms with Gasteiger partial charge in [-0.15, -0.1) is 21.5 Å². The van der Waals surface area contributed by atoms with Crippen molar-refractivity contribution in [2.24, 2.45) is 0 Å². The maximum atomic E-state index is 12.2. The largest absolute Gasteiger partial charge is 0.339 e. The topological polar surface area (TPSA) is 93.8 Å². The van der Waals surface area contributed by atoms with E-state index in [0.717, 1.165) is 15.4 Å². The molecule has 3 aromatic heterocycles. The molecule has 148 valence electrons. The van der Waals surface area contributed by atoms with Crippen molar-refractivity contribution in [3.8, 4) is 21.3 Å². The summed E-state index contributed by atoms with van der Waals surface area (Å²) in [6, 6.07) is 12.1. The van der Waals surface area contributed by atoms with E-state index in [1.165, 1.54) is 28.2 Å². The number of benzene rings is 1. The molecule has 1 amide bonds. The first-order valence-electron chi connectivity index (χ1n) is 9.18. The van der Waals surface area contributed by atoms with Gasteiger partial charge < -0.3 is 9.84 Å². The van der Waals surface area contributed by atoms with Gasteiger partial charge in [-0.05, 0) is 22.9 Å². The Kier molecular flexibility index (Phi) is 5.77. The first-order chi connectivity index (χ1) is 14.1. The molecule has 1 aromatic carbocycles. The normalized spacial score (nSPS) is 11.1. The zero-order chi connectivity index (χ0) is 20.2. The molecule has 7 nitrogen and oxygen atoms in total. The maximum absolute atomic E-state index is 12.2. The second-order valence-corrected chi connectivity index (χ2v) is 8.65.